The Balaban J connectivity index is 1.83. The van der Waals surface area contributed by atoms with E-state index in [9.17, 15) is 9.59 Å². The Morgan fingerprint density at radius 3 is 2.52 bits per heavy atom. The number of anilines is 1. The van der Waals surface area contributed by atoms with Crippen molar-refractivity contribution in [2.45, 2.75) is 27.2 Å². The number of benzene rings is 1. The van der Waals surface area contributed by atoms with Gasteiger partial charge in [-0.05, 0) is 20.8 Å². The zero-order valence-corrected chi connectivity index (χ0v) is 16.0. The lowest BCUT2D eigenvalue weighted by Gasteiger charge is -2.20. The second kappa shape index (κ2) is 8.40. The molecule has 0 fully saturated rings. The Hall–Kier alpha value is -1.99. The summed E-state index contributed by atoms with van der Waals surface area (Å²) in [6.45, 7) is 5.77. The highest BCUT2D eigenvalue weighted by molar-refractivity contribution is 7.18. The minimum absolute atomic E-state index is 0.156. The van der Waals surface area contributed by atoms with Crippen LogP contribution >= 0.6 is 22.9 Å². The van der Waals surface area contributed by atoms with Gasteiger partial charge in [-0.1, -0.05) is 41.2 Å². The normalized spacial score (nSPS) is 11.2. The molecule has 2 rings (SSSR count). The quantitative estimate of drug-likeness (QED) is 0.722. The summed E-state index contributed by atoms with van der Waals surface area (Å²) in [4.78, 5) is 23.8. The minimum Gasteiger partial charge on any atom is -0.355 e. The predicted octanol–water partition coefficient (Wildman–Crippen LogP) is 3.22. The van der Waals surface area contributed by atoms with E-state index in [4.69, 9.17) is 11.6 Å². The first kappa shape index (κ1) is 19.3. The van der Waals surface area contributed by atoms with Crippen LogP contribution in [0.2, 0.25) is 0 Å². The van der Waals surface area contributed by atoms with Crippen molar-refractivity contribution in [3.63, 3.8) is 0 Å². The molecule has 0 aliphatic rings. The highest BCUT2D eigenvalue weighted by atomic mass is 35.5. The van der Waals surface area contributed by atoms with E-state index in [1.54, 1.807) is 13.8 Å². The van der Waals surface area contributed by atoms with Crippen LogP contribution in [-0.4, -0.2) is 34.4 Å². The number of aryl methyl sites for hydroxylation is 1. The predicted molar refractivity (Wildman–Crippen MR) is 101 cm³/mol. The third-order valence-corrected chi connectivity index (χ3v) is 5.11. The average molecular weight is 381 g/mol. The molecule has 0 aliphatic carbocycles. The molecule has 1 heterocycles. The Morgan fingerprint density at radius 1 is 1.20 bits per heavy atom. The summed E-state index contributed by atoms with van der Waals surface area (Å²) in [6, 6.07) is 7.94. The molecule has 0 aliphatic heterocycles. The summed E-state index contributed by atoms with van der Waals surface area (Å²) in [6.07, 6.45) is 0.156. The van der Waals surface area contributed by atoms with E-state index in [0.717, 1.165) is 10.6 Å². The first-order chi connectivity index (χ1) is 11.8. The summed E-state index contributed by atoms with van der Waals surface area (Å²) >= 11 is 7.05. The maximum Gasteiger partial charge on any atom is 0.227 e. The number of carbonyl (C=O) groups is 2. The molecular formula is C17H21ClN4O2S. The molecule has 2 amide bonds. The third-order valence-electron chi connectivity index (χ3n) is 3.56. The van der Waals surface area contributed by atoms with Gasteiger partial charge < -0.3 is 10.6 Å². The number of halogens is 1. The Labute approximate surface area is 156 Å². The minimum atomic E-state index is -0.653. The Morgan fingerprint density at radius 2 is 1.88 bits per heavy atom. The zero-order chi connectivity index (χ0) is 18.4. The highest BCUT2D eigenvalue weighted by Gasteiger charge is 2.26. The van der Waals surface area contributed by atoms with Crippen LogP contribution in [0.15, 0.2) is 24.3 Å². The van der Waals surface area contributed by atoms with Crippen molar-refractivity contribution >= 4 is 39.9 Å². The fourth-order valence-electron chi connectivity index (χ4n) is 1.86. The molecule has 0 saturated carbocycles. The van der Waals surface area contributed by atoms with E-state index in [0.29, 0.717) is 5.13 Å². The number of carbonyl (C=O) groups excluding carboxylic acids is 2. The van der Waals surface area contributed by atoms with Crippen LogP contribution in [0.5, 0.6) is 0 Å². The van der Waals surface area contributed by atoms with Gasteiger partial charge in [-0.15, -0.1) is 21.8 Å². The van der Waals surface area contributed by atoms with Gasteiger partial charge in [0.15, 0.2) is 0 Å². The number of amides is 2. The molecule has 0 atom stereocenters. The van der Waals surface area contributed by atoms with Gasteiger partial charge in [0.1, 0.15) is 5.01 Å². The van der Waals surface area contributed by atoms with Crippen molar-refractivity contribution in [1.82, 2.24) is 15.5 Å². The van der Waals surface area contributed by atoms with E-state index in [1.165, 1.54) is 16.9 Å². The van der Waals surface area contributed by atoms with Crippen molar-refractivity contribution in [1.29, 1.82) is 0 Å². The number of hydrogen-bond donors (Lipinski definition) is 2. The molecule has 0 bridgehead atoms. The highest BCUT2D eigenvalue weighted by Crippen LogP contribution is 2.26. The van der Waals surface area contributed by atoms with Crippen LogP contribution in [0, 0.1) is 12.3 Å². The molecule has 2 N–H and O–H groups in total. The van der Waals surface area contributed by atoms with E-state index in [1.807, 2.05) is 31.2 Å². The molecule has 134 valence electrons. The molecule has 2 aromatic rings. The fourth-order valence-corrected chi connectivity index (χ4v) is 2.74. The SMILES string of the molecule is Cc1ccc(-c2nnc(NC(=O)CCNC(=O)C(C)(C)CCl)s2)cc1. The summed E-state index contributed by atoms with van der Waals surface area (Å²) < 4.78 is 0. The van der Waals surface area contributed by atoms with Crippen molar-refractivity contribution in [2.75, 3.05) is 17.7 Å². The lowest BCUT2D eigenvalue weighted by atomic mass is 9.95. The number of aromatic nitrogens is 2. The number of hydrogen-bond acceptors (Lipinski definition) is 5. The largest absolute Gasteiger partial charge is 0.355 e. The van der Waals surface area contributed by atoms with E-state index >= 15 is 0 Å². The van der Waals surface area contributed by atoms with Gasteiger partial charge in [-0.25, -0.2) is 0 Å². The molecule has 0 radical (unpaired) electrons. The molecule has 0 saturated heterocycles. The molecule has 0 unspecified atom stereocenters. The smallest absolute Gasteiger partial charge is 0.227 e. The van der Waals surface area contributed by atoms with Crippen molar-refractivity contribution < 1.29 is 9.59 Å². The average Bonchev–Trinajstić information content (AvgIpc) is 3.03. The van der Waals surface area contributed by atoms with Crippen molar-refractivity contribution in [2.24, 2.45) is 5.41 Å². The first-order valence-electron chi connectivity index (χ1n) is 7.86. The van der Waals surface area contributed by atoms with Gasteiger partial charge in [-0.2, -0.15) is 0 Å². The molecule has 1 aromatic heterocycles. The van der Waals surface area contributed by atoms with Gasteiger partial charge in [0.25, 0.3) is 0 Å². The van der Waals surface area contributed by atoms with Gasteiger partial charge in [-0.3, -0.25) is 9.59 Å². The summed E-state index contributed by atoms with van der Waals surface area (Å²) in [5, 5.41) is 14.7. The molecule has 1 aromatic carbocycles. The van der Waals surface area contributed by atoms with Crippen LogP contribution in [0.25, 0.3) is 10.6 Å². The lowest BCUT2D eigenvalue weighted by Crippen LogP contribution is -2.39. The zero-order valence-electron chi connectivity index (χ0n) is 14.4. The Bertz CT molecular complexity index is 743. The number of nitrogens with zero attached hydrogens (tertiary/aromatic N) is 2. The topological polar surface area (TPSA) is 84.0 Å². The molecule has 8 heteroatoms. The lowest BCUT2D eigenvalue weighted by molar-refractivity contribution is -0.128. The number of rotatable bonds is 7. The third kappa shape index (κ3) is 5.51. The maximum atomic E-state index is 12.0. The van der Waals surface area contributed by atoms with Crippen molar-refractivity contribution in [3.05, 3.63) is 29.8 Å². The number of alkyl halides is 1. The second-order valence-electron chi connectivity index (χ2n) is 6.35. The monoisotopic (exact) mass is 380 g/mol. The second-order valence-corrected chi connectivity index (χ2v) is 7.59. The number of nitrogens with one attached hydrogen (secondary N) is 2. The van der Waals surface area contributed by atoms with Gasteiger partial charge in [0.2, 0.25) is 16.9 Å². The summed E-state index contributed by atoms with van der Waals surface area (Å²) in [5.41, 5.74) is 1.47. The van der Waals surface area contributed by atoms with Crippen LogP contribution in [0.4, 0.5) is 5.13 Å². The Kier molecular flexibility index (Phi) is 6.50. The maximum absolute atomic E-state index is 12.0. The van der Waals surface area contributed by atoms with E-state index < -0.39 is 5.41 Å². The van der Waals surface area contributed by atoms with Crippen molar-refractivity contribution in [3.8, 4) is 10.6 Å². The summed E-state index contributed by atoms with van der Waals surface area (Å²) in [7, 11) is 0. The van der Waals surface area contributed by atoms with Crippen LogP contribution < -0.4 is 10.6 Å². The first-order valence-corrected chi connectivity index (χ1v) is 9.21. The van der Waals surface area contributed by atoms with Gasteiger partial charge in [0, 0.05) is 24.4 Å². The molecule has 0 spiro atoms. The van der Waals surface area contributed by atoms with Gasteiger partial charge >= 0.3 is 0 Å². The van der Waals surface area contributed by atoms with E-state index in [-0.39, 0.29) is 30.7 Å². The standard InChI is InChI=1S/C17H21ClN4O2S/c1-11-4-6-12(7-5-11)14-21-22-16(25-14)20-13(23)8-9-19-15(24)17(2,3)10-18/h4-7H,8-10H2,1-3H3,(H,19,24)(H,20,22,23). The summed E-state index contributed by atoms with van der Waals surface area (Å²) in [5.74, 6) is -0.180. The molecule has 6 nitrogen and oxygen atoms in total. The molecular weight excluding hydrogens is 360 g/mol. The van der Waals surface area contributed by atoms with Crippen LogP contribution in [-0.2, 0) is 9.59 Å². The van der Waals surface area contributed by atoms with Crippen LogP contribution in [0.1, 0.15) is 25.8 Å². The van der Waals surface area contributed by atoms with Gasteiger partial charge in [0.05, 0.1) is 5.41 Å². The van der Waals surface area contributed by atoms with E-state index in [2.05, 4.69) is 20.8 Å². The fraction of sp³-hybridized carbons (Fsp3) is 0.412. The molecule has 25 heavy (non-hydrogen) atoms. The van der Waals surface area contributed by atoms with Crippen LogP contribution in [0.3, 0.4) is 0 Å².